The minimum atomic E-state index is -1.09. The smallest absolute Gasteiger partial charge is 0.330 e. The molecule has 1 spiro atoms. The van der Waals surface area contributed by atoms with E-state index >= 15 is 0 Å². The zero-order valence-corrected chi connectivity index (χ0v) is 14.7. The summed E-state index contributed by atoms with van der Waals surface area (Å²) < 4.78 is 5.69. The molecule has 0 aromatic heterocycles. The van der Waals surface area contributed by atoms with Crippen LogP contribution >= 0.6 is 11.6 Å². The fraction of sp³-hybridized carbons (Fsp3) is 0.300. The van der Waals surface area contributed by atoms with Crippen LogP contribution in [0.1, 0.15) is 30.0 Å². The van der Waals surface area contributed by atoms with Gasteiger partial charge in [-0.05, 0) is 36.6 Å². The van der Waals surface area contributed by atoms with Crippen molar-refractivity contribution in [3.8, 4) is 5.75 Å². The molecule has 2 aromatic carbocycles. The molecule has 1 aliphatic heterocycles. The van der Waals surface area contributed by atoms with Crippen molar-refractivity contribution in [3.63, 3.8) is 0 Å². The molecule has 1 saturated carbocycles. The number of rotatable bonds is 4. The van der Waals surface area contributed by atoms with E-state index in [2.05, 4.69) is 5.32 Å². The van der Waals surface area contributed by atoms with Crippen LogP contribution in [-0.2, 0) is 15.0 Å². The predicted octanol–water partition coefficient (Wildman–Crippen LogP) is 3.32. The van der Waals surface area contributed by atoms with Gasteiger partial charge in [0.05, 0.1) is 6.61 Å². The topological polar surface area (TPSA) is 75.6 Å². The van der Waals surface area contributed by atoms with Crippen molar-refractivity contribution in [2.75, 3.05) is 6.61 Å². The van der Waals surface area contributed by atoms with Crippen LogP contribution < -0.4 is 10.1 Å². The van der Waals surface area contributed by atoms with Crippen LogP contribution in [0.3, 0.4) is 0 Å². The molecule has 26 heavy (non-hydrogen) atoms. The van der Waals surface area contributed by atoms with Crippen LogP contribution in [0.4, 0.5) is 0 Å². The third kappa shape index (κ3) is 2.82. The van der Waals surface area contributed by atoms with Gasteiger partial charge in [-0.1, -0.05) is 41.9 Å². The average molecular weight is 372 g/mol. The summed E-state index contributed by atoms with van der Waals surface area (Å²) in [6, 6.07) is 13.1. The van der Waals surface area contributed by atoms with Gasteiger partial charge in [0, 0.05) is 21.9 Å². The van der Waals surface area contributed by atoms with Gasteiger partial charge in [0.1, 0.15) is 5.75 Å². The van der Waals surface area contributed by atoms with Crippen molar-refractivity contribution < 1.29 is 19.4 Å². The largest absolute Gasteiger partial charge is 0.493 e. The molecule has 6 heteroatoms. The minimum absolute atomic E-state index is 0.232. The van der Waals surface area contributed by atoms with Gasteiger partial charge in [0.25, 0.3) is 0 Å². The summed E-state index contributed by atoms with van der Waals surface area (Å²) in [7, 11) is 0. The van der Waals surface area contributed by atoms with Crippen LogP contribution in [0.15, 0.2) is 48.5 Å². The molecule has 3 atom stereocenters. The number of carbonyl (C=O) groups is 2. The Balaban J connectivity index is 1.54. The number of halogens is 1. The zero-order chi connectivity index (χ0) is 18.3. The van der Waals surface area contributed by atoms with Gasteiger partial charge in [-0.25, -0.2) is 4.79 Å². The van der Waals surface area contributed by atoms with Crippen molar-refractivity contribution in [1.82, 2.24) is 5.32 Å². The molecule has 1 heterocycles. The van der Waals surface area contributed by atoms with E-state index in [4.69, 9.17) is 16.3 Å². The standard InChI is InChI=1S/C20H18ClNO4/c21-13-7-5-12(6-8-13)17(19(24)25)22-18(23)15-11-20(15)9-10-26-16-4-2-1-3-14(16)20/h1-8,15,17H,9-11H2,(H,22,23)(H,24,25)/t15-,17?,20-/m0/s1. The summed E-state index contributed by atoms with van der Waals surface area (Å²) in [5.74, 6) is -0.741. The maximum absolute atomic E-state index is 12.8. The molecule has 0 bridgehead atoms. The first-order chi connectivity index (χ1) is 12.5. The van der Waals surface area contributed by atoms with E-state index in [-0.39, 0.29) is 17.2 Å². The Hall–Kier alpha value is -2.53. The second-order valence-electron chi connectivity index (χ2n) is 6.84. The zero-order valence-electron chi connectivity index (χ0n) is 13.9. The second-order valence-corrected chi connectivity index (χ2v) is 7.28. The van der Waals surface area contributed by atoms with E-state index in [0.717, 1.165) is 17.7 Å². The maximum Gasteiger partial charge on any atom is 0.330 e. The molecule has 4 rings (SSSR count). The van der Waals surface area contributed by atoms with Crippen LogP contribution in [0.25, 0.3) is 0 Å². The number of aliphatic carboxylic acids is 1. The molecule has 0 radical (unpaired) electrons. The van der Waals surface area contributed by atoms with Crippen LogP contribution in [0, 0.1) is 5.92 Å². The van der Waals surface area contributed by atoms with E-state index < -0.39 is 12.0 Å². The number of nitrogens with one attached hydrogen (secondary N) is 1. The molecular formula is C20H18ClNO4. The molecule has 2 aliphatic rings. The highest BCUT2D eigenvalue weighted by atomic mass is 35.5. The molecule has 1 unspecified atom stereocenters. The first-order valence-corrected chi connectivity index (χ1v) is 8.90. The fourth-order valence-corrected chi connectivity index (χ4v) is 4.02. The summed E-state index contributed by atoms with van der Waals surface area (Å²) in [4.78, 5) is 24.5. The van der Waals surface area contributed by atoms with E-state index in [0.29, 0.717) is 23.6 Å². The molecule has 1 aliphatic carbocycles. The lowest BCUT2D eigenvalue weighted by Crippen LogP contribution is -2.37. The van der Waals surface area contributed by atoms with E-state index in [1.54, 1.807) is 24.3 Å². The highest BCUT2D eigenvalue weighted by Crippen LogP contribution is 2.60. The maximum atomic E-state index is 12.8. The Morgan fingerprint density at radius 1 is 1.19 bits per heavy atom. The molecular weight excluding hydrogens is 354 g/mol. The molecule has 134 valence electrons. The molecule has 1 fully saturated rings. The van der Waals surface area contributed by atoms with Gasteiger partial charge in [-0.15, -0.1) is 0 Å². The summed E-state index contributed by atoms with van der Waals surface area (Å²) in [5.41, 5.74) is 1.31. The number of hydrogen-bond acceptors (Lipinski definition) is 3. The van der Waals surface area contributed by atoms with Gasteiger partial charge in [0.2, 0.25) is 5.91 Å². The molecule has 1 amide bonds. The number of carboxylic acid groups (broad SMARTS) is 1. The van der Waals surface area contributed by atoms with Crippen molar-refractivity contribution in [1.29, 1.82) is 0 Å². The lowest BCUT2D eigenvalue weighted by Gasteiger charge is -2.27. The Morgan fingerprint density at radius 2 is 1.92 bits per heavy atom. The number of ether oxygens (including phenoxy) is 1. The van der Waals surface area contributed by atoms with Crippen LogP contribution in [-0.4, -0.2) is 23.6 Å². The number of fused-ring (bicyclic) bond motifs is 2. The SMILES string of the molecule is O=C(O)C(NC(=O)[C@@H]1C[C@]12CCOc1ccccc12)c1ccc(Cl)cc1. The van der Waals surface area contributed by atoms with Gasteiger partial charge >= 0.3 is 5.97 Å². The van der Waals surface area contributed by atoms with Gasteiger partial charge < -0.3 is 15.2 Å². The Labute approximate surface area is 155 Å². The van der Waals surface area contributed by atoms with Crippen LogP contribution in [0.5, 0.6) is 5.75 Å². The van der Waals surface area contributed by atoms with Crippen molar-refractivity contribution in [2.24, 2.45) is 5.92 Å². The summed E-state index contributed by atoms with van der Waals surface area (Å²) in [6.07, 6.45) is 1.48. The molecule has 2 N–H and O–H groups in total. The molecule has 0 saturated heterocycles. The van der Waals surface area contributed by atoms with Gasteiger partial charge in [-0.3, -0.25) is 4.79 Å². The summed E-state index contributed by atoms with van der Waals surface area (Å²) >= 11 is 5.86. The number of carbonyl (C=O) groups excluding carboxylic acids is 1. The molecule has 5 nitrogen and oxygen atoms in total. The van der Waals surface area contributed by atoms with E-state index in [1.165, 1.54) is 0 Å². The van der Waals surface area contributed by atoms with Crippen LogP contribution in [0.2, 0.25) is 5.02 Å². The Bertz CT molecular complexity index is 866. The van der Waals surface area contributed by atoms with E-state index in [1.807, 2.05) is 24.3 Å². The van der Waals surface area contributed by atoms with Crippen molar-refractivity contribution in [3.05, 3.63) is 64.7 Å². The van der Waals surface area contributed by atoms with Crippen molar-refractivity contribution >= 4 is 23.5 Å². The average Bonchev–Trinajstić information content (AvgIpc) is 3.35. The fourth-order valence-electron chi connectivity index (χ4n) is 3.89. The monoisotopic (exact) mass is 371 g/mol. The lowest BCUT2D eigenvalue weighted by atomic mass is 9.87. The summed E-state index contributed by atoms with van der Waals surface area (Å²) in [5, 5.41) is 12.8. The Morgan fingerprint density at radius 3 is 2.65 bits per heavy atom. The third-order valence-electron chi connectivity index (χ3n) is 5.36. The minimum Gasteiger partial charge on any atom is -0.493 e. The number of carboxylic acids is 1. The van der Waals surface area contributed by atoms with Gasteiger partial charge in [-0.2, -0.15) is 0 Å². The summed E-state index contributed by atoms with van der Waals surface area (Å²) in [6.45, 7) is 0.570. The number of benzene rings is 2. The number of amides is 1. The first-order valence-electron chi connectivity index (χ1n) is 8.52. The van der Waals surface area contributed by atoms with Crippen molar-refractivity contribution in [2.45, 2.75) is 24.3 Å². The third-order valence-corrected chi connectivity index (χ3v) is 5.61. The highest BCUT2D eigenvalue weighted by Gasteiger charge is 2.61. The number of para-hydroxylation sites is 1. The molecule has 2 aromatic rings. The Kier molecular flexibility index (Phi) is 4.11. The highest BCUT2D eigenvalue weighted by molar-refractivity contribution is 6.30. The second kappa shape index (κ2) is 6.32. The first kappa shape index (κ1) is 16.9. The van der Waals surface area contributed by atoms with E-state index in [9.17, 15) is 14.7 Å². The normalized spacial score (nSPS) is 24.3. The lowest BCUT2D eigenvalue weighted by molar-refractivity contribution is -0.142. The quantitative estimate of drug-likeness (QED) is 0.864. The number of hydrogen-bond donors (Lipinski definition) is 2. The van der Waals surface area contributed by atoms with Gasteiger partial charge in [0.15, 0.2) is 6.04 Å². The predicted molar refractivity (Wildman–Crippen MR) is 96.3 cm³/mol.